The molecule has 170 valence electrons. The molecule has 4 heterocycles. The van der Waals surface area contributed by atoms with Gasteiger partial charge in [0.2, 0.25) is 5.91 Å². The highest BCUT2D eigenvalue weighted by Gasteiger charge is 2.26. The van der Waals surface area contributed by atoms with Gasteiger partial charge in [0.15, 0.2) is 17.3 Å². The number of benzene rings is 1. The fourth-order valence-electron chi connectivity index (χ4n) is 4.24. The molecule has 3 aromatic rings. The Morgan fingerprint density at radius 3 is 2.67 bits per heavy atom. The van der Waals surface area contributed by atoms with Crippen molar-refractivity contribution in [3.8, 4) is 23.0 Å². The lowest BCUT2D eigenvalue weighted by molar-refractivity contribution is -0.131. The van der Waals surface area contributed by atoms with Gasteiger partial charge in [-0.2, -0.15) is 0 Å². The van der Waals surface area contributed by atoms with Gasteiger partial charge in [0, 0.05) is 50.2 Å². The molecule has 2 aromatic heterocycles. The van der Waals surface area contributed by atoms with Crippen LogP contribution < -0.4 is 14.8 Å². The Morgan fingerprint density at radius 2 is 1.91 bits per heavy atom. The first-order valence-corrected chi connectivity index (χ1v) is 11.2. The maximum absolute atomic E-state index is 12.9. The summed E-state index contributed by atoms with van der Waals surface area (Å²) in [7, 11) is 1.84. The third kappa shape index (κ3) is 4.72. The molecule has 9 heteroatoms. The number of carbonyl (C=O) groups is 1. The molecule has 2 aliphatic heterocycles. The predicted octanol–water partition coefficient (Wildman–Crippen LogP) is 2.70. The van der Waals surface area contributed by atoms with Crippen LogP contribution in [0.25, 0.3) is 11.5 Å². The molecular weight excluding hydrogens is 420 g/mol. The molecule has 0 aliphatic carbocycles. The van der Waals surface area contributed by atoms with Gasteiger partial charge in [0.05, 0.1) is 12.6 Å². The Hall–Kier alpha value is -3.75. The van der Waals surface area contributed by atoms with E-state index in [1.54, 1.807) is 18.6 Å². The zero-order chi connectivity index (χ0) is 22.6. The number of aromatic nitrogens is 4. The summed E-state index contributed by atoms with van der Waals surface area (Å²) in [4.78, 5) is 32.6. The topological polar surface area (TPSA) is 102 Å². The summed E-state index contributed by atoms with van der Waals surface area (Å²) in [5.41, 5.74) is 2.55. The zero-order valence-corrected chi connectivity index (χ0v) is 18.5. The van der Waals surface area contributed by atoms with E-state index in [0.717, 1.165) is 35.7 Å². The number of hydrogen-bond donors (Lipinski definition) is 1. The van der Waals surface area contributed by atoms with Gasteiger partial charge in [-0.05, 0) is 30.5 Å². The van der Waals surface area contributed by atoms with Crippen molar-refractivity contribution in [2.75, 3.05) is 38.7 Å². The number of fused-ring (bicyclic) bond motifs is 1. The van der Waals surface area contributed by atoms with E-state index in [2.05, 4.69) is 20.3 Å². The number of nitrogens with zero attached hydrogens (tertiary/aromatic N) is 5. The van der Waals surface area contributed by atoms with E-state index in [1.807, 2.05) is 36.2 Å². The number of piperidine rings is 1. The molecule has 1 amide bonds. The SMILES string of the molecule is CNc1cc(C2CCN(C(=O)Cc3ccc4c(c3)OCCO4)CC2)nc(-c2cnccn2)n1. The van der Waals surface area contributed by atoms with Crippen molar-refractivity contribution in [2.45, 2.75) is 25.2 Å². The van der Waals surface area contributed by atoms with Gasteiger partial charge in [-0.1, -0.05) is 6.07 Å². The summed E-state index contributed by atoms with van der Waals surface area (Å²) in [6.45, 7) is 2.50. The molecular formula is C24H26N6O3. The molecule has 1 saturated heterocycles. The highest BCUT2D eigenvalue weighted by Crippen LogP contribution is 2.32. The first-order chi connectivity index (χ1) is 16.2. The second-order valence-corrected chi connectivity index (χ2v) is 8.15. The third-order valence-electron chi connectivity index (χ3n) is 6.02. The molecule has 0 unspecified atom stereocenters. The zero-order valence-electron chi connectivity index (χ0n) is 18.5. The van der Waals surface area contributed by atoms with Crippen molar-refractivity contribution in [1.82, 2.24) is 24.8 Å². The van der Waals surface area contributed by atoms with Crippen LogP contribution in [-0.2, 0) is 11.2 Å². The van der Waals surface area contributed by atoms with Gasteiger partial charge in [0.1, 0.15) is 24.7 Å². The molecule has 5 rings (SSSR count). The highest BCUT2D eigenvalue weighted by atomic mass is 16.6. The van der Waals surface area contributed by atoms with Crippen molar-refractivity contribution in [3.05, 3.63) is 54.1 Å². The molecule has 0 saturated carbocycles. The van der Waals surface area contributed by atoms with Crippen LogP contribution in [0.3, 0.4) is 0 Å². The average molecular weight is 447 g/mol. The smallest absolute Gasteiger partial charge is 0.226 e. The second-order valence-electron chi connectivity index (χ2n) is 8.15. The highest BCUT2D eigenvalue weighted by molar-refractivity contribution is 5.79. The van der Waals surface area contributed by atoms with Crippen LogP contribution in [0.15, 0.2) is 42.9 Å². The van der Waals surface area contributed by atoms with Crippen molar-refractivity contribution >= 4 is 11.7 Å². The van der Waals surface area contributed by atoms with Crippen molar-refractivity contribution in [3.63, 3.8) is 0 Å². The van der Waals surface area contributed by atoms with Crippen LogP contribution in [0, 0.1) is 0 Å². The average Bonchev–Trinajstić information content (AvgIpc) is 2.89. The number of amides is 1. The molecule has 0 bridgehead atoms. The molecule has 9 nitrogen and oxygen atoms in total. The largest absolute Gasteiger partial charge is 0.486 e. The summed E-state index contributed by atoms with van der Waals surface area (Å²) < 4.78 is 11.2. The van der Waals surface area contributed by atoms with Crippen LogP contribution in [-0.4, -0.2) is 64.1 Å². The van der Waals surface area contributed by atoms with Crippen LogP contribution >= 0.6 is 0 Å². The summed E-state index contributed by atoms with van der Waals surface area (Å²) in [6, 6.07) is 7.71. The lowest BCUT2D eigenvalue weighted by Gasteiger charge is -2.32. The number of anilines is 1. The van der Waals surface area contributed by atoms with Crippen LogP contribution in [0.5, 0.6) is 11.5 Å². The molecule has 0 spiro atoms. The summed E-state index contributed by atoms with van der Waals surface area (Å²) in [6.07, 6.45) is 6.99. The fraction of sp³-hybridized carbons (Fsp3) is 0.375. The Morgan fingerprint density at radius 1 is 1.09 bits per heavy atom. The normalized spacial score (nSPS) is 15.8. The fourth-order valence-corrected chi connectivity index (χ4v) is 4.24. The summed E-state index contributed by atoms with van der Waals surface area (Å²) in [5.74, 6) is 3.15. The van der Waals surface area contributed by atoms with Crippen molar-refractivity contribution < 1.29 is 14.3 Å². The van der Waals surface area contributed by atoms with E-state index < -0.39 is 0 Å². The van der Waals surface area contributed by atoms with Crippen LogP contribution in [0.2, 0.25) is 0 Å². The lowest BCUT2D eigenvalue weighted by atomic mass is 9.92. The monoisotopic (exact) mass is 446 g/mol. The van der Waals surface area contributed by atoms with E-state index in [4.69, 9.17) is 14.5 Å². The Labute approximate surface area is 192 Å². The Bertz CT molecular complexity index is 1130. The quantitative estimate of drug-likeness (QED) is 0.638. The maximum atomic E-state index is 12.9. The third-order valence-corrected chi connectivity index (χ3v) is 6.02. The summed E-state index contributed by atoms with van der Waals surface area (Å²) >= 11 is 0. The first-order valence-electron chi connectivity index (χ1n) is 11.2. The molecule has 1 aromatic carbocycles. The molecule has 1 fully saturated rings. The van der Waals surface area contributed by atoms with E-state index in [9.17, 15) is 4.79 Å². The van der Waals surface area contributed by atoms with Gasteiger partial charge in [0.25, 0.3) is 0 Å². The number of ether oxygens (including phenoxy) is 2. The van der Waals surface area contributed by atoms with Crippen LogP contribution in [0.1, 0.15) is 30.0 Å². The molecule has 0 atom stereocenters. The first kappa shape index (κ1) is 21.1. The van der Waals surface area contributed by atoms with E-state index in [0.29, 0.717) is 50.0 Å². The lowest BCUT2D eigenvalue weighted by Crippen LogP contribution is -2.39. The number of nitrogens with one attached hydrogen (secondary N) is 1. The minimum atomic E-state index is 0.129. The minimum absolute atomic E-state index is 0.129. The Balaban J connectivity index is 1.24. The maximum Gasteiger partial charge on any atom is 0.226 e. The number of hydrogen-bond acceptors (Lipinski definition) is 8. The van der Waals surface area contributed by atoms with Gasteiger partial charge in [-0.25, -0.2) is 15.0 Å². The number of likely N-dealkylation sites (tertiary alicyclic amines) is 1. The van der Waals surface area contributed by atoms with Gasteiger partial charge < -0.3 is 19.7 Å². The van der Waals surface area contributed by atoms with E-state index in [-0.39, 0.29) is 11.8 Å². The Kier molecular flexibility index (Phi) is 6.01. The molecule has 0 radical (unpaired) electrons. The molecule has 2 aliphatic rings. The number of carbonyl (C=O) groups excluding carboxylic acids is 1. The van der Waals surface area contributed by atoms with Crippen LogP contribution in [0.4, 0.5) is 5.82 Å². The van der Waals surface area contributed by atoms with Crippen molar-refractivity contribution in [1.29, 1.82) is 0 Å². The van der Waals surface area contributed by atoms with Gasteiger partial charge in [-0.3, -0.25) is 9.78 Å². The summed E-state index contributed by atoms with van der Waals surface area (Å²) in [5, 5.41) is 3.11. The second kappa shape index (κ2) is 9.40. The van der Waals surface area contributed by atoms with E-state index >= 15 is 0 Å². The van der Waals surface area contributed by atoms with Gasteiger partial charge in [-0.15, -0.1) is 0 Å². The van der Waals surface area contributed by atoms with Crippen molar-refractivity contribution in [2.24, 2.45) is 0 Å². The molecule has 1 N–H and O–H groups in total. The predicted molar refractivity (Wildman–Crippen MR) is 122 cm³/mol. The molecule has 33 heavy (non-hydrogen) atoms. The van der Waals surface area contributed by atoms with Gasteiger partial charge >= 0.3 is 0 Å². The minimum Gasteiger partial charge on any atom is -0.486 e. The standard InChI is InChI=1S/C24H26N6O3/c1-25-22-14-18(28-24(29-22)19-15-26-6-7-27-19)17-4-8-30(9-5-17)23(31)13-16-2-3-20-21(12-16)33-11-10-32-20/h2-3,6-7,12,14-15,17H,4-5,8-11,13H2,1H3,(H,25,28,29). The number of rotatable bonds is 5. The van der Waals surface area contributed by atoms with E-state index in [1.165, 1.54) is 0 Å².